The molecule has 14 heavy (non-hydrogen) atoms. The molecule has 5 heteroatoms. The average molecular weight is 196 g/mol. The third-order valence-electron chi connectivity index (χ3n) is 1.63. The maximum Gasteiger partial charge on any atom is 0.268 e. The maximum absolute atomic E-state index is 10.9. The Kier molecular flexibility index (Phi) is 3.44. The molecule has 0 aromatic heterocycles. The second-order valence-electron chi connectivity index (χ2n) is 2.66. The van der Waals surface area contributed by atoms with Crippen LogP contribution >= 0.6 is 0 Å². The highest BCUT2D eigenvalue weighted by Gasteiger charge is 2.08. The lowest BCUT2D eigenvalue weighted by Gasteiger charge is -2.07. The van der Waals surface area contributed by atoms with E-state index < -0.39 is 12.1 Å². The first kappa shape index (κ1) is 10.5. The fourth-order valence-electron chi connectivity index (χ4n) is 0.891. The molecular formula is C9H12N2O3. The molecule has 0 saturated heterocycles. The second kappa shape index (κ2) is 4.59. The molecule has 0 fully saturated rings. The summed E-state index contributed by atoms with van der Waals surface area (Å²) in [7, 11) is 1.55. The zero-order valence-electron chi connectivity index (χ0n) is 7.73. The van der Waals surface area contributed by atoms with Crippen LogP contribution in [0.1, 0.15) is 0 Å². The van der Waals surface area contributed by atoms with Gasteiger partial charge in [-0.25, -0.2) is 0 Å². The summed E-state index contributed by atoms with van der Waals surface area (Å²) in [6.07, 6.45) is -1.50. The van der Waals surface area contributed by atoms with Gasteiger partial charge in [0.2, 0.25) is 0 Å². The first-order valence-electron chi connectivity index (χ1n) is 4.02. The molecule has 0 bridgehead atoms. The summed E-state index contributed by atoms with van der Waals surface area (Å²) in [6.45, 7) is 0. The number of anilines is 1. The first-order chi connectivity index (χ1) is 6.63. The number of rotatable bonds is 3. The van der Waals surface area contributed by atoms with Crippen molar-refractivity contribution in [3.8, 4) is 5.75 Å². The van der Waals surface area contributed by atoms with Crippen molar-refractivity contribution in [1.29, 1.82) is 0 Å². The number of carbonyl (C=O) groups excluding carboxylic acids is 1. The highest BCUT2D eigenvalue weighted by molar-refractivity contribution is 5.93. The van der Waals surface area contributed by atoms with Gasteiger partial charge < -0.3 is 15.2 Å². The van der Waals surface area contributed by atoms with Crippen LogP contribution < -0.4 is 15.8 Å². The van der Waals surface area contributed by atoms with Crippen LogP contribution in [0.2, 0.25) is 0 Å². The SMILES string of the molecule is COc1ccc(NC(=O)C(N)O)cc1. The van der Waals surface area contributed by atoms with Gasteiger partial charge in [0.1, 0.15) is 5.75 Å². The van der Waals surface area contributed by atoms with Gasteiger partial charge in [-0.05, 0) is 24.3 Å². The van der Waals surface area contributed by atoms with Gasteiger partial charge in [0.05, 0.1) is 7.11 Å². The molecule has 1 atom stereocenters. The molecule has 1 unspecified atom stereocenters. The van der Waals surface area contributed by atoms with Gasteiger partial charge in [-0.1, -0.05) is 0 Å². The molecule has 5 nitrogen and oxygen atoms in total. The van der Waals surface area contributed by atoms with Crippen molar-refractivity contribution in [2.45, 2.75) is 6.23 Å². The third-order valence-corrected chi connectivity index (χ3v) is 1.63. The van der Waals surface area contributed by atoms with E-state index in [4.69, 9.17) is 15.6 Å². The van der Waals surface area contributed by atoms with Crippen LogP contribution in [0.3, 0.4) is 0 Å². The highest BCUT2D eigenvalue weighted by atomic mass is 16.5. The van der Waals surface area contributed by atoms with Crippen LogP contribution in [0.5, 0.6) is 5.75 Å². The van der Waals surface area contributed by atoms with Crippen molar-refractivity contribution in [3.05, 3.63) is 24.3 Å². The number of hydrogen-bond donors (Lipinski definition) is 3. The van der Waals surface area contributed by atoms with E-state index in [1.54, 1.807) is 31.4 Å². The van der Waals surface area contributed by atoms with Crippen LogP contribution in [0.4, 0.5) is 5.69 Å². The summed E-state index contributed by atoms with van der Waals surface area (Å²) in [4.78, 5) is 10.9. The molecule has 4 N–H and O–H groups in total. The second-order valence-corrected chi connectivity index (χ2v) is 2.66. The Bertz CT molecular complexity index is 308. The van der Waals surface area contributed by atoms with Gasteiger partial charge in [-0.2, -0.15) is 0 Å². The molecule has 0 spiro atoms. The van der Waals surface area contributed by atoms with E-state index in [-0.39, 0.29) is 0 Å². The molecule has 76 valence electrons. The van der Waals surface area contributed by atoms with Crippen LogP contribution in [0.15, 0.2) is 24.3 Å². The van der Waals surface area contributed by atoms with E-state index in [1.807, 2.05) is 0 Å². The summed E-state index contributed by atoms with van der Waals surface area (Å²) in [5.41, 5.74) is 5.51. The Labute approximate surface area is 81.5 Å². The normalized spacial score (nSPS) is 11.9. The van der Waals surface area contributed by atoms with Crippen LogP contribution in [-0.2, 0) is 4.79 Å². The lowest BCUT2D eigenvalue weighted by molar-refractivity contribution is -0.123. The number of ether oxygens (including phenoxy) is 1. The number of aliphatic hydroxyl groups is 1. The minimum absolute atomic E-state index is 0.556. The van der Waals surface area contributed by atoms with Crippen molar-refractivity contribution in [3.63, 3.8) is 0 Å². The number of aliphatic hydroxyl groups excluding tert-OH is 1. The van der Waals surface area contributed by atoms with Crippen molar-refractivity contribution < 1.29 is 14.6 Å². The van der Waals surface area contributed by atoms with E-state index in [1.165, 1.54) is 0 Å². The molecule has 0 heterocycles. The Morgan fingerprint density at radius 2 is 2.07 bits per heavy atom. The molecule has 1 amide bonds. The predicted molar refractivity (Wildman–Crippen MR) is 51.8 cm³/mol. The minimum Gasteiger partial charge on any atom is -0.497 e. The molecule has 0 aliphatic heterocycles. The van der Waals surface area contributed by atoms with Gasteiger partial charge in [0, 0.05) is 5.69 Å². The topological polar surface area (TPSA) is 84.6 Å². The smallest absolute Gasteiger partial charge is 0.268 e. The Morgan fingerprint density at radius 3 is 2.50 bits per heavy atom. The number of methoxy groups -OCH3 is 1. The lowest BCUT2D eigenvalue weighted by Crippen LogP contribution is -2.34. The van der Waals surface area contributed by atoms with Crippen molar-refractivity contribution >= 4 is 11.6 Å². The van der Waals surface area contributed by atoms with Gasteiger partial charge in [-0.15, -0.1) is 0 Å². The molecule has 0 aliphatic rings. The van der Waals surface area contributed by atoms with Crippen molar-refractivity contribution in [2.24, 2.45) is 5.73 Å². The fourth-order valence-corrected chi connectivity index (χ4v) is 0.891. The van der Waals surface area contributed by atoms with Crippen LogP contribution in [-0.4, -0.2) is 24.4 Å². The minimum atomic E-state index is -1.50. The summed E-state index contributed by atoms with van der Waals surface area (Å²) in [6, 6.07) is 6.69. The predicted octanol–water partition coefficient (Wildman–Crippen LogP) is -0.0892. The van der Waals surface area contributed by atoms with Crippen LogP contribution in [0.25, 0.3) is 0 Å². The molecule has 0 saturated carbocycles. The summed E-state index contributed by atoms with van der Waals surface area (Å²) in [5, 5.41) is 11.1. The zero-order chi connectivity index (χ0) is 10.6. The number of nitrogens with two attached hydrogens (primary N) is 1. The van der Waals surface area contributed by atoms with E-state index in [0.29, 0.717) is 11.4 Å². The van der Waals surface area contributed by atoms with Crippen LogP contribution in [0, 0.1) is 0 Å². The Morgan fingerprint density at radius 1 is 1.50 bits per heavy atom. The molecule has 0 aliphatic carbocycles. The number of nitrogens with one attached hydrogen (secondary N) is 1. The fraction of sp³-hybridized carbons (Fsp3) is 0.222. The number of benzene rings is 1. The van der Waals surface area contributed by atoms with Gasteiger partial charge in [0.25, 0.3) is 5.91 Å². The van der Waals surface area contributed by atoms with Gasteiger partial charge >= 0.3 is 0 Å². The van der Waals surface area contributed by atoms with E-state index in [0.717, 1.165) is 0 Å². The van der Waals surface area contributed by atoms with E-state index in [9.17, 15) is 4.79 Å². The number of carbonyl (C=O) groups is 1. The van der Waals surface area contributed by atoms with E-state index >= 15 is 0 Å². The quantitative estimate of drug-likeness (QED) is 0.590. The van der Waals surface area contributed by atoms with E-state index in [2.05, 4.69) is 5.32 Å². The Hall–Kier alpha value is -1.59. The van der Waals surface area contributed by atoms with Crippen molar-refractivity contribution in [2.75, 3.05) is 12.4 Å². The zero-order valence-corrected chi connectivity index (χ0v) is 7.73. The largest absolute Gasteiger partial charge is 0.497 e. The first-order valence-corrected chi connectivity index (χ1v) is 4.02. The standard InChI is InChI=1S/C9H12N2O3/c1-14-7-4-2-6(3-5-7)11-9(13)8(10)12/h2-5,8,12H,10H2,1H3,(H,11,13). The third kappa shape index (κ3) is 2.72. The summed E-state index contributed by atoms with van der Waals surface area (Å²) < 4.78 is 4.93. The number of hydrogen-bond acceptors (Lipinski definition) is 4. The summed E-state index contributed by atoms with van der Waals surface area (Å²) >= 11 is 0. The number of amides is 1. The maximum atomic E-state index is 10.9. The molecule has 1 rings (SSSR count). The van der Waals surface area contributed by atoms with Crippen molar-refractivity contribution in [1.82, 2.24) is 0 Å². The molecule has 1 aromatic rings. The molecule has 0 radical (unpaired) electrons. The van der Waals surface area contributed by atoms with Gasteiger partial charge in [-0.3, -0.25) is 10.5 Å². The average Bonchev–Trinajstić information content (AvgIpc) is 2.19. The highest BCUT2D eigenvalue weighted by Crippen LogP contribution is 2.14. The van der Waals surface area contributed by atoms with Gasteiger partial charge in [0.15, 0.2) is 6.23 Å². The Balaban J connectivity index is 2.64. The summed E-state index contributed by atoms with van der Waals surface area (Å²) in [5.74, 6) is 0.0477. The monoisotopic (exact) mass is 196 g/mol. The molecular weight excluding hydrogens is 184 g/mol. The lowest BCUT2D eigenvalue weighted by atomic mass is 10.3. The molecule has 1 aromatic carbocycles.